The van der Waals surface area contributed by atoms with E-state index in [4.69, 9.17) is 10.5 Å². The lowest BCUT2D eigenvalue weighted by Gasteiger charge is -2.42. The monoisotopic (exact) mass is 506 g/mol. The predicted molar refractivity (Wildman–Crippen MR) is 134 cm³/mol. The van der Waals surface area contributed by atoms with Crippen LogP contribution in [0.1, 0.15) is 39.2 Å². The van der Waals surface area contributed by atoms with Gasteiger partial charge in [0.2, 0.25) is 5.91 Å². The van der Waals surface area contributed by atoms with Crippen LogP contribution < -0.4 is 21.3 Å². The maximum Gasteiger partial charge on any atom is 0.408 e. The van der Waals surface area contributed by atoms with E-state index in [0.717, 1.165) is 5.69 Å². The predicted octanol–water partition coefficient (Wildman–Crippen LogP) is 1.36. The standard InChI is InChI=1S/C24H35FN6O5/c1-14(2)36-24(35)29-18(23(33)34)7-8-20(32)30-9-10-31(15(3)13-30)19-6-4-5-17(21(19)26)22-27-11-16(25)12-28-22/h4-6,14-16,18H,7-13,26H2,1-3H3,(H,27,28)(H,29,35)(H,33,34)/t15?,18-/m0/s1. The number of hydrogen-bond acceptors (Lipinski definition) is 8. The molecule has 2 unspecified atom stereocenters. The zero-order chi connectivity index (χ0) is 26.4. The molecule has 1 aromatic rings. The summed E-state index contributed by atoms with van der Waals surface area (Å²) in [6.07, 6.45) is -2.29. The highest BCUT2D eigenvalue weighted by atomic mass is 19.1. The maximum atomic E-state index is 13.4. The Labute approximate surface area is 209 Å². The summed E-state index contributed by atoms with van der Waals surface area (Å²) in [7, 11) is 0. The second-order valence-corrected chi connectivity index (χ2v) is 9.32. The first-order valence-corrected chi connectivity index (χ1v) is 12.1. The minimum absolute atomic E-state index is 0.0235. The third kappa shape index (κ3) is 6.76. The number of alkyl halides is 1. The number of anilines is 2. The highest BCUT2D eigenvalue weighted by Gasteiger charge is 2.30. The van der Waals surface area contributed by atoms with Crippen molar-refractivity contribution in [1.29, 1.82) is 0 Å². The van der Waals surface area contributed by atoms with Crippen molar-refractivity contribution >= 4 is 35.2 Å². The van der Waals surface area contributed by atoms with Crippen LogP contribution in [0.5, 0.6) is 0 Å². The van der Waals surface area contributed by atoms with E-state index in [1.54, 1.807) is 18.7 Å². The van der Waals surface area contributed by atoms with E-state index >= 15 is 0 Å². The molecule has 0 aliphatic carbocycles. The van der Waals surface area contributed by atoms with E-state index in [2.05, 4.69) is 20.5 Å². The molecular weight excluding hydrogens is 471 g/mol. The number of rotatable bonds is 8. The number of hydrogen-bond donors (Lipinski definition) is 4. The first-order chi connectivity index (χ1) is 17.1. The number of aliphatic imine (C=N–C) groups is 1. The summed E-state index contributed by atoms with van der Waals surface area (Å²) in [5, 5.41) is 14.7. The highest BCUT2D eigenvalue weighted by Crippen LogP contribution is 2.30. The van der Waals surface area contributed by atoms with Crippen LogP contribution in [0.3, 0.4) is 0 Å². The van der Waals surface area contributed by atoms with E-state index in [9.17, 15) is 23.9 Å². The van der Waals surface area contributed by atoms with Gasteiger partial charge in [-0.25, -0.2) is 14.0 Å². The second-order valence-electron chi connectivity index (χ2n) is 9.32. The number of amides is 2. The lowest BCUT2D eigenvalue weighted by atomic mass is 10.1. The van der Waals surface area contributed by atoms with Crippen molar-refractivity contribution in [2.45, 2.75) is 58.0 Å². The number of nitrogen functional groups attached to an aromatic ring is 1. The SMILES string of the molecule is CC(C)OC(=O)N[C@@H](CCC(=O)N1CCN(c2cccc(C3=NCC(F)CN3)c2N)C(C)C1)C(=O)O. The lowest BCUT2D eigenvalue weighted by Crippen LogP contribution is -2.54. The number of carboxylic acid groups (broad SMARTS) is 1. The van der Waals surface area contributed by atoms with Gasteiger partial charge < -0.3 is 36.0 Å². The molecule has 36 heavy (non-hydrogen) atoms. The van der Waals surface area contributed by atoms with Gasteiger partial charge >= 0.3 is 12.1 Å². The molecule has 3 rings (SSSR count). The van der Waals surface area contributed by atoms with Gasteiger partial charge in [-0.2, -0.15) is 0 Å². The molecule has 1 saturated heterocycles. The molecule has 1 aromatic carbocycles. The normalized spacial score (nSPS) is 20.9. The van der Waals surface area contributed by atoms with Crippen molar-refractivity contribution in [1.82, 2.24) is 15.5 Å². The number of para-hydroxylation sites is 1. The van der Waals surface area contributed by atoms with Crippen LogP contribution in [0.2, 0.25) is 0 Å². The third-order valence-electron chi connectivity index (χ3n) is 6.15. The Morgan fingerprint density at radius 1 is 1.33 bits per heavy atom. The summed E-state index contributed by atoms with van der Waals surface area (Å²) >= 11 is 0. The third-order valence-corrected chi connectivity index (χ3v) is 6.15. The molecule has 2 amide bonds. The van der Waals surface area contributed by atoms with Crippen molar-refractivity contribution in [2.24, 2.45) is 4.99 Å². The summed E-state index contributed by atoms with van der Waals surface area (Å²) in [5.74, 6) is -0.838. The molecule has 0 saturated carbocycles. The quantitative estimate of drug-likeness (QED) is 0.386. The van der Waals surface area contributed by atoms with Gasteiger partial charge in [0.05, 0.1) is 24.0 Å². The molecule has 2 heterocycles. The zero-order valence-corrected chi connectivity index (χ0v) is 20.9. The molecule has 2 aliphatic rings. The Bertz CT molecular complexity index is 1000. The van der Waals surface area contributed by atoms with Crippen molar-refractivity contribution in [3.05, 3.63) is 23.8 Å². The molecule has 0 spiro atoms. The van der Waals surface area contributed by atoms with Crippen LogP contribution in [0.4, 0.5) is 20.6 Å². The Hall–Kier alpha value is -3.57. The Balaban J connectivity index is 1.59. The van der Waals surface area contributed by atoms with Gasteiger partial charge in [-0.1, -0.05) is 6.07 Å². The number of amidine groups is 1. The van der Waals surface area contributed by atoms with Gasteiger partial charge in [-0.15, -0.1) is 0 Å². The van der Waals surface area contributed by atoms with Gasteiger partial charge in [0.25, 0.3) is 0 Å². The van der Waals surface area contributed by atoms with Crippen molar-refractivity contribution in [2.75, 3.05) is 43.4 Å². The van der Waals surface area contributed by atoms with Gasteiger partial charge in [0.1, 0.15) is 18.0 Å². The average molecular weight is 507 g/mol. The number of ether oxygens (including phenoxy) is 1. The van der Waals surface area contributed by atoms with Crippen molar-refractivity contribution < 1.29 is 28.6 Å². The number of piperazine rings is 1. The molecular formula is C24H35FN6O5. The smallest absolute Gasteiger partial charge is 0.408 e. The minimum Gasteiger partial charge on any atom is -0.480 e. The maximum absolute atomic E-state index is 13.4. The van der Waals surface area contributed by atoms with E-state index < -0.39 is 24.3 Å². The number of nitrogens with one attached hydrogen (secondary N) is 2. The number of carbonyl (C=O) groups is 3. The Morgan fingerprint density at radius 2 is 2.08 bits per heavy atom. The fourth-order valence-corrected chi connectivity index (χ4v) is 4.32. The largest absolute Gasteiger partial charge is 0.480 e. The molecule has 1 fully saturated rings. The average Bonchev–Trinajstić information content (AvgIpc) is 2.82. The molecule has 0 radical (unpaired) electrons. The fourth-order valence-electron chi connectivity index (χ4n) is 4.32. The number of carboxylic acids is 1. The first-order valence-electron chi connectivity index (χ1n) is 12.1. The molecule has 0 aromatic heterocycles. The minimum atomic E-state index is -1.23. The summed E-state index contributed by atoms with van der Waals surface area (Å²) in [6.45, 7) is 7.00. The summed E-state index contributed by atoms with van der Waals surface area (Å²) in [4.78, 5) is 44.2. The lowest BCUT2D eigenvalue weighted by molar-refractivity contribution is -0.140. The van der Waals surface area contributed by atoms with E-state index in [1.165, 1.54) is 0 Å². The molecule has 2 aliphatic heterocycles. The molecule has 0 bridgehead atoms. The second kappa shape index (κ2) is 11.9. The van der Waals surface area contributed by atoms with Crippen LogP contribution in [0.25, 0.3) is 0 Å². The van der Waals surface area contributed by atoms with Gasteiger partial charge in [-0.3, -0.25) is 9.79 Å². The van der Waals surface area contributed by atoms with Gasteiger partial charge in [-0.05, 0) is 39.3 Å². The Morgan fingerprint density at radius 3 is 2.69 bits per heavy atom. The Kier molecular flexibility index (Phi) is 8.94. The van der Waals surface area contributed by atoms with E-state index in [-0.39, 0.29) is 44.0 Å². The van der Waals surface area contributed by atoms with E-state index in [1.807, 2.05) is 25.1 Å². The van der Waals surface area contributed by atoms with Crippen LogP contribution in [-0.4, -0.2) is 90.9 Å². The van der Waals surface area contributed by atoms with Gasteiger partial charge in [0, 0.05) is 44.2 Å². The van der Waals surface area contributed by atoms with Crippen LogP contribution in [0.15, 0.2) is 23.2 Å². The van der Waals surface area contributed by atoms with Crippen LogP contribution in [-0.2, 0) is 14.3 Å². The molecule has 5 N–H and O–H groups in total. The topological polar surface area (TPSA) is 150 Å². The molecule has 11 nitrogen and oxygen atoms in total. The number of nitrogens with zero attached hydrogens (tertiary/aromatic N) is 3. The summed E-state index contributed by atoms with van der Waals surface area (Å²) in [5.41, 5.74) is 8.55. The number of nitrogens with two attached hydrogens (primary N) is 1. The molecule has 12 heteroatoms. The summed E-state index contributed by atoms with van der Waals surface area (Å²) < 4.78 is 18.4. The number of carbonyl (C=O) groups excluding carboxylic acids is 2. The number of alkyl carbamates (subject to hydrolysis) is 1. The van der Waals surface area contributed by atoms with E-state index in [0.29, 0.717) is 36.7 Å². The number of aliphatic carboxylic acids is 1. The van der Waals surface area contributed by atoms with Gasteiger partial charge in [0.15, 0.2) is 0 Å². The summed E-state index contributed by atoms with van der Waals surface area (Å²) in [6, 6.07) is 4.36. The zero-order valence-electron chi connectivity index (χ0n) is 20.9. The molecule has 198 valence electrons. The van der Waals surface area contributed by atoms with Crippen molar-refractivity contribution in [3.63, 3.8) is 0 Å². The van der Waals surface area contributed by atoms with Crippen LogP contribution in [0, 0.1) is 0 Å². The van der Waals surface area contributed by atoms with Crippen LogP contribution >= 0.6 is 0 Å². The fraction of sp³-hybridized carbons (Fsp3) is 0.583. The molecule has 3 atom stereocenters. The number of halogens is 1. The number of benzene rings is 1. The first kappa shape index (κ1) is 27.0. The van der Waals surface area contributed by atoms with Crippen molar-refractivity contribution in [3.8, 4) is 0 Å². The highest BCUT2D eigenvalue weighted by molar-refractivity contribution is 6.05.